The molecule has 1 saturated carbocycles. The quantitative estimate of drug-likeness (QED) is 0.704. The van der Waals surface area contributed by atoms with Gasteiger partial charge in [-0.3, -0.25) is 0 Å². The highest BCUT2D eigenvalue weighted by molar-refractivity contribution is 4.85. The zero-order chi connectivity index (χ0) is 10.6. The number of hydrogen-bond donors (Lipinski definition) is 2. The molecule has 1 rings (SSSR count). The number of aliphatic hydroxyl groups is 1. The van der Waals surface area contributed by atoms with E-state index in [1.165, 1.54) is 0 Å². The van der Waals surface area contributed by atoms with Crippen molar-refractivity contribution >= 4 is 0 Å². The van der Waals surface area contributed by atoms with Crippen LogP contribution >= 0.6 is 0 Å². The Morgan fingerprint density at radius 2 is 2.14 bits per heavy atom. The lowest BCUT2D eigenvalue weighted by Crippen LogP contribution is -2.45. The molecular formula is C11H23NO2. The predicted molar refractivity (Wildman–Crippen MR) is 57.4 cm³/mol. The normalized spacial score (nSPS) is 28.3. The van der Waals surface area contributed by atoms with Crippen LogP contribution in [0.4, 0.5) is 0 Å². The molecule has 1 fully saturated rings. The molecule has 0 aliphatic heterocycles. The van der Waals surface area contributed by atoms with Crippen LogP contribution in [0, 0.1) is 0 Å². The second-order valence-corrected chi connectivity index (χ2v) is 4.68. The molecule has 2 unspecified atom stereocenters. The molecule has 1 aliphatic rings. The van der Waals surface area contributed by atoms with E-state index in [0.29, 0.717) is 0 Å². The highest BCUT2D eigenvalue weighted by atomic mass is 16.5. The van der Waals surface area contributed by atoms with Gasteiger partial charge in [-0.2, -0.15) is 0 Å². The van der Waals surface area contributed by atoms with Crippen molar-refractivity contribution in [1.29, 1.82) is 0 Å². The van der Waals surface area contributed by atoms with Crippen molar-refractivity contribution in [3.8, 4) is 0 Å². The molecule has 3 heteroatoms. The van der Waals surface area contributed by atoms with E-state index in [1.807, 2.05) is 6.92 Å². The standard InChI is InChI=1S/C11H23NO2/c1-4-14-11(2,3)8-12-9-6-5-7-10(9)13/h9-10,12-13H,4-8H2,1-3H3. The van der Waals surface area contributed by atoms with Crippen molar-refractivity contribution in [2.45, 2.75) is 57.8 Å². The summed E-state index contributed by atoms with van der Waals surface area (Å²) in [7, 11) is 0. The number of ether oxygens (including phenoxy) is 1. The van der Waals surface area contributed by atoms with Crippen LogP contribution < -0.4 is 5.32 Å². The Kier molecular flexibility index (Phi) is 4.35. The van der Waals surface area contributed by atoms with Crippen molar-refractivity contribution < 1.29 is 9.84 Å². The fraction of sp³-hybridized carbons (Fsp3) is 1.00. The smallest absolute Gasteiger partial charge is 0.0750 e. The summed E-state index contributed by atoms with van der Waals surface area (Å²) in [5.74, 6) is 0. The largest absolute Gasteiger partial charge is 0.392 e. The van der Waals surface area contributed by atoms with E-state index in [2.05, 4.69) is 19.2 Å². The van der Waals surface area contributed by atoms with Gasteiger partial charge in [0.05, 0.1) is 11.7 Å². The van der Waals surface area contributed by atoms with Crippen LogP contribution in [0.3, 0.4) is 0 Å². The van der Waals surface area contributed by atoms with Crippen molar-refractivity contribution in [2.75, 3.05) is 13.2 Å². The Morgan fingerprint density at radius 1 is 1.43 bits per heavy atom. The monoisotopic (exact) mass is 201 g/mol. The fourth-order valence-electron chi connectivity index (χ4n) is 2.00. The zero-order valence-corrected chi connectivity index (χ0v) is 9.55. The maximum atomic E-state index is 9.61. The number of aliphatic hydroxyl groups excluding tert-OH is 1. The van der Waals surface area contributed by atoms with Gasteiger partial charge in [-0.25, -0.2) is 0 Å². The lowest BCUT2D eigenvalue weighted by atomic mass is 10.1. The summed E-state index contributed by atoms with van der Waals surface area (Å²) in [5, 5.41) is 13.0. The molecule has 3 nitrogen and oxygen atoms in total. The molecule has 0 spiro atoms. The highest BCUT2D eigenvalue weighted by Crippen LogP contribution is 2.19. The molecule has 14 heavy (non-hydrogen) atoms. The van der Waals surface area contributed by atoms with E-state index < -0.39 is 0 Å². The van der Waals surface area contributed by atoms with Gasteiger partial charge in [-0.1, -0.05) is 0 Å². The Bertz CT molecular complexity index is 171. The zero-order valence-electron chi connectivity index (χ0n) is 9.55. The van der Waals surface area contributed by atoms with Crippen LogP contribution in [0.1, 0.15) is 40.0 Å². The van der Waals surface area contributed by atoms with E-state index in [-0.39, 0.29) is 17.7 Å². The lowest BCUT2D eigenvalue weighted by Gasteiger charge is -2.28. The van der Waals surface area contributed by atoms with Gasteiger partial charge in [0.1, 0.15) is 0 Å². The van der Waals surface area contributed by atoms with Crippen LogP contribution in [0.2, 0.25) is 0 Å². The number of hydrogen-bond acceptors (Lipinski definition) is 3. The molecular weight excluding hydrogens is 178 g/mol. The summed E-state index contributed by atoms with van der Waals surface area (Å²) in [6.45, 7) is 7.70. The van der Waals surface area contributed by atoms with Crippen molar-refractivity contribution in [1.82, 2.24) is 5.32 Å². The first kappa shape index (κ1) is 12.0. The van der Waals surface area contributed by atoms with Crippen molar-refractivity contribution in [2.24, 2.45) is 0 Å². The van der Waals surface area contributed by atoms with E-state index in [4.69, 9.17) is 4.74 Å². The third-order valence-electron chi connectivity index (χ3n) is 2.80. The minimum Gasteiger partial charge on any atom is -0.392 e. The van der Waals surface area contributed by atoms with E-state index in [1.54, 1.807) is 0 Å². The van der Waals surface area contributed by atoms with Gasteiger partial charge < -0.3 is 15.2 Å². The molecule has 0 aromatic heterocycles. The third-order valence-corrected chi connectivity index (χ3v) is 2.80. The Balaban J connectivity index is 2.25. The van der Waals surface area contributed by atoms with Crippen LogP contribution in [0.25, 0.3) is 0 Å². The Labute approximate surface area is 86.8 Å². The summed E-state index contributed by atoms with van der Waals surface area (Å²) < 4.78 is 5.58. The first-order valence-electron chi connectivity index (χ1n) is 5.60. The molecule has 2 atom stereocenters. The van der Waals surface area contributed by atoms with Crippen molar-refractivity contribution in [3.05, 3.63) is 0 Å². The second kappa shape index (κ2) is 5.10. The second-order valence-electron chi connectivity index (χ2n) is 4.68. The van der Waals surface area contributed by atoms with Gasteiger partial charge in [-0.05, 0) is 40.0 Å². The summed E-state index contributed by atoms with van der Waals surface area (Å²) in [5.41, 5.74) is -0.128. The third kappa shape index (κ3) is 3.56. The van der Waals surface area contributed by atoms with Crippen LogP contribution in [-0.4, -0.2) is 36.0 Å². The summed E-state index contributed by atoms with van der Waals surface area (Å²) in [4.78, 5) is 0. The average molecular weight is 201 g/mol. The van der Waals surface area contributed by atoms with Gasteiger partial charge in [-0.15, -0.1) is 0 Å². The molecule has 2 N–H and O–H groups in total. The summed E-state index contributed by atoms with van der Waals surface area (Å²) in [6.07, 6.45) is 3.00. The predicted octanol–water partition coefficient (Wildman–Crippen LogP) is 1.30. The molecule has 0 heterocycles. The molecule has 0 saturated heterocycles. The Hall–Kier alpha value is -0.120. The first-order valence-corrected chi connectivity index (χ1v) is 5.60. The van der Waals surface area contributed by atoms with Gasteiger partial charge in [0.25, 0.3) is 0 Å². The molecule has 0 amide bonds. The van der Waals surface area contributed by atoms with Crippen molar-refractivity contribution in [3.63, 3.8) is 0 Å². The van der Waals surface area contributed by atoms with Gasteiger partial charge in [0, 0.05) is 19.2 Å². The molecule has 1 aliphatic carbocycles. The average Bonchev–Trinajstić information content (AvgIpc) is 2.48. The minimum absolute atomic E-state index is 0.128. The molecule has 0 radical (unpaired) electrons. The highest BCUT2D eigenvalue weighted by Gasteiger charge is 2.27. The number of nitrogens with one attached hydrogen (secondary N) is 1. The van der Waals surface area contributed by atoms with Gasteiger partial charge in [0.15, 0.2) is 0 Å². The molecule has 0 aromatic rings. The van der Waals surface area contributed by atoms with E-state index in [0.717, 1.165) is 32.4 Å². The number of rotatable bonds is 5. The molecule has 84 valence electrons. The fourth-order valence-corrected chi connectivity index (χ4v) is 2.00. The van der Waals surface area contributed by atoms with E-state index in [9.17, 15) is 5.11 Å². The summed E-state index contributed by atoms with van der Waals surface area (Å²) in [6, 6.07) is 0.273. The molecule has 0 bridgehead atoms. The molecule has 0 aromatic carbocycles. The lowest BCUT2D eigenvalue weighted by molar-refractivity contribution is -0.0131. The van der Waals surface area contributed by atoms with Crippen LogP contribution in [0.5, 0.6) is 0 Å². The first-order chi connectivity index (χ1) is 6.55. The maximum Gasteiger partial charge on any atom is 0.0750 e. The van der Waals surface area contributed by atoms with Gasteiger partial charge in [0.2, 0.25) is 0 Å². The van der Waals surface area contributed by atoms with Crippen LogP contribution in [-0.2, 0) is 4.74 Å². The van der Waals surface area contributed by atoms with Crippen LogP contribution in [0.15, 0.2) is 0 Å². The SMILES string of the molecule is CCOC(C)(C)CNC1CCCC1O. The topological polar surface area (TPSA) is 41.5 Å². The summed E-state index contributed by atoms with van der Waals surface area (Å²) >= 11 is 0. The minimum atomic E-state index is -0.160. The Morgan fingerprint density at radius 3 is 2.64 bits per heavy atom. The maximum absolute atomic E-state index is 9.61. The van der Waals surface area contributed by atoms with Gasteiger partial charge >= 0.3 is 0 Å². The van der Waals surface area contributed by atoms with E-state index >= 15 is 0 Å².